The third kappa shape index (κ3) is 8.14. The zero-order valence-corrected chi connectivity index (χ0v) is 30.5. The van der Waals surface area contributed by atoms with Crippen molar-refractivity contribution in [1.82, 2.24) is 46.1 Å². The number of aromatic amines is 1. The highest BCUT2D eigenvalue weighted by Crippen LogP contribution is 2.46. The largest absolute Gasteiger partial charge is 0.471 e. The molecule has 2 aliphatic heterocycles. The molecule has 1 aliphatic carbocycles. The van der Waals surface area contributed by atoms with Crippen LogP contribution in [-0.4, -0.2) is 95.2 Å². The maximum atomic E-state index is 14.5. The van der Waals surface area contributed by atoms with E-state index in [0.717, 1.165) is 24.1 Å². The number of hydrogen-bond donors (Lipinski definition) is 4. The molecule has 3 aliphatic rings. The van der Waals surface area contributed by atoms with Gasteiger partial charge in [-0.3, -0.25) is 19.7 Å². The molecule has 4 aromatic rings. The highest BCUT2D eigenvalue weighted by molar-refractivity contribution is 7.13. The minimum Gasteiger partial charge on any atom is -0.471 e. The van der Waals surface area contributed by atoms with Gasteiger partial charge in [0.25, 0.3) is 11.9 Å². The van der Waals surface area contributed by atoms with Crippen LogP contribution in [0.25, 0.3) is 21.6 Å². The van der Waals surface area contributed by atoms with Crippen LogP contribution in [0.3, 0.4) is 0 Å². The Morgan fingerprint density at radius 2 is 1.87 bits per heavy atom. The molecule has 7 rings (SSSR count). The fourth-order valence-corrected chi connectivity index (χ4v) is 7.55. The monoisotopic (exact) mass is 742 g/mol. The first-order valence-electron chi connectivity index (χ1n) is 17.8. The first-order chi connectivity index (χ1) is 25.5. The van der Waals surface area contributed by atoms with E-state index < -0.39 is 53.1 Å². The van der Waals surface area contributed by atoms with Gasteiger partial charge < -0.3 is 25.0 Å². The van der Waals surface area contributed by atoms with Gasteiger partial charge in [0, 0.05) is 12.3 Å². The van der Waals surface area contributed by atoms with Crippen molar-refractivity contribution in [3.05, 3.63) is 53.9 Å². The van der Waals surface area contributed by atoms with Gasteiger partial charge in [0.15, 0.2) is 0 Å². The summed E-state index contributed by atoms with van der Waals surface area (Å²) in [5.41, 5.74) is -0.203. The first-order valence-corrected chi connectivity index (χ1v) is 18.7. The van der Waals surface area contributed by atoms with E-state index in [9.17, 15) is 19.2 Å². The summed E-state index contributed by atoms with van der Waals surface area (Å²) in [5.74, 6) is -1.51. The van der Waals surface area contributed by atoms with E-state index in [1.807, 2.05) is 53.9 Å². The SMILES string of the molecule is CC(C)(C)OC(=O)N[C@H]1CCCCCC=C[C@@H]2C[C@@]2(C(=O)Nc2nn[nH]n2)NC(=O)[C@@H]2C[C@@H](Oc3nc4ccccc4nc3-c3cccs3)CN2C1=O. The van der Waals surface area contributed by atoms with E-state index in [1.165, 1.54) is 16.2 Å². The van der Waals surface area contributed by atoms with Crippen molar-refractivity contribution in [1.29, 1.82) is 0 Å². The number of alkyl carbamates (subject to hydrolysis) is 1. The van der Waals surface area contributed by atoms with Gasteiger partial charge in [-0.15, -0.1) is 16.4 Å². The maximum Gasteiger partial charge on any atom is 0.408 e. The number of carbonyl (C=O) groups excluding carboxylic acids is 4. The summed E-state index contributed by atoms with van der Waals surface area (Å²) >= 11 is 1.49. The Bertz CT molecular complexity index is 2000. The van der Waals surface area contributed by atoms with Crippen molar-refractivity contribution in [3.8, 4) is 16.5 Å². The number of allylic oxidation sites excluding steroid dienone is 1. The number of H-pyrrole nitrogens is 1. The van der Waals surface area contributed by atoms with Crippen molar-refractivity contribution in [2.75, 3.05) is 11.9 Å². The number of rotatable bonds is 6. The minimum atomic E-state index is -1.30. The van der Waals surface area contributed by atoms with Gasteiger partial charge in [-0.25, -0.2) is 14.8 Å². The molecule has 1 aromatic carbocycles. The van der Waals surface area contributed by atoms with Crippen LogP contribution >= 0.6 is 11.3 Å². The van der Waals surface area contributed by atoms with Crippen LogP contribution in [0.1, 0.15) is 65.7 Å². The summed E-state index contributed by atoms with van der Waals surface area (Å²) in [6.45, 7) is 5.26. The van der Waals surface area contributed by atoms with Crippen LogP contribution in [0.15, 0.2) is 53.9 Å². The van der Waals surface area contributed by atoms with E-state index in [0.29, 0.717) is 36.0 Å². The average Bonchev–Trinajstić information content (AvgIpc) is 3.62. The van der Waals surface area contributed by atoms with Crippen molar-refractivity contribution >= 4 is 52.1 Å². The highest BCUT2D eigenvalue weighted by atomic mass is 32.1. The summed E-state index contributed by atoms with van der Waals surface area (Å²) in [7, 11) is 0. The third-order valence-electron chi connectivity index (χ3n) is 9.48. The van der Waals surface area contributed by atoms with E-state index >= 15 is 0 Å². The van der Waals surface area contributed by atoms with Crippen LogP contribution in [0, 0.1) is 5.92 Å². The molecule has 17 heteroatoms. The average molecular weight is 743 g/mol. The number of anilines is 1. The lowest BCUT2D eigenvalue weighted by Crippen LogP contribution is -2.57. The second-order valence-corrected chi connectivity index (χ2v) is 15.5. The van der Waals surface area contributed by atoms with E-state index in [1.54, 1.807) is 20.8 Å². The van der Waals surface area contributed by atoms with Gasteiger partial charge in [0.2, 0.25) is 17.7 Å². The van der Waals surface area contributed by atoms with E-state index in [-0.39, 0.29) is 30.7 Å². The third-order valence-corrected chi connectivity index (χ3v) is 10.4. The molecule has 1 saturated carbocycles. The van der Waals surface area contributed by atoms with Gasteiger partial charge in [0.05, 0.1) is 22.5 Å². The van der Waals surface area contributed by atoms with Gasteiger partial charge in [-0.2, -0.15) is 5.21 Å². The Kier molecular flexibility index (Phi) is 10.1. The number of fused-ring (bicyclic) bond motifs is 3. The Hall–Kier alpha value is -5.45. The van der Waals surface area contributed by atoms with Crippen molar-refractivity contribution in [2.45, 2.75) is 95.0 Å². The van der Waals surface area contributed by atoms with Crippen molar-refractivity contribution in [3.63, 3.8) is 0 Å². The Morgan fingerprint density at radius 3 is 2.60 bits per heavy atom. The van der Waals surface area contributed by atoms with Crippen LogP contribution in [0.4, 0.5) is 10.7 Å². The molecule has 4 N–H and O–H groups in total. The van der Waals surface area contributed by atoms with E-state index in [2.05, 4.69) is 36.6 Å². The summed E-state index contributed by atoms with van der Waals surface area (Å²) < 4.78 is 12.1. The normalized spacial score (nSPS) is 25.0. The number of amides is 4. The standard InChI is InChI=1S/C36H42N10O6S/c1-35(2,3)52-34(50)39-25-15-8-6-4-5-7-12-21-19-36(21,32(49)40-33-42-44-45-43-33)41-29(47)26-18-22(20-46(26)31(25)48)51-30-28(27-16-11-17-53-27)37-23-13-9-10-14-24(23)38-30/h7,9-14,16-17,21-22,25-26H,4-6,8,15,18-20H2,1-3H3,(H,39,50)(H,41,47)(H2,40,42,43,44,45,49)/t21-,22-,25+,26+,36-/m1/s1. The summed E-state index contributed by atoms with van der Waals surface area (Å²) in [4.78, 5) is 67.6. The van der Waals surface area contributed by atoms with Crippen LogP contribution in [-0.2, 0) is 19.1 Å². The van der Waals surface area contributed by atoms with Gasteiger partial charge in [-0.1, -0.05) is 48.3 Å². The lowest BCUT2D eigenvalue weighted by atomic mass is 10.0. The second kappa shape index (κ2) is 14.9. The van der Waals surface area contributed by atoms with Gasteiger partial charge in [0.1, 0.15) is 35.0 Å². The van der Waals surface area contributed by atoms with Gasteiger partial charge in [-0.05, 0) is 75.2 Å². The van der Waals surface area contributed by atoms with Crippen LogP contribution in [0.5, 0.6) is 5.88 Å². The smallest absolute Gasteiger partial charge is 0.408 e. The zero-order chi connectivity index (χ0) is 37.2. The number of para-hydroxylation sites is 2. The molecular formula is C36H42N10O6S. The van der Waals surface area contributed by atoms with E-state index in [4.69, 9.17) is 19.4 Å². The molecule has 0 spiro atoms. The molecular weight excluding hydrogens is 701 g/mol. The quantitative estimate of drug-likeness (QED) is 0.207. The van der Waals surface area contributed by atoms with Gasteiger partial charge >= 0.3 is 6.09 Å². The predicted octanol–water partition coefficient (Wildman–Crippen LogP) is 4.15. The van der Waals surface area contributed by atoms with Crippen molar-refractivity contribution in [2.24, 2.45) is 5.92 Å². The molecule has 5 atom stereocenters. The Balaban J connectivity index is 1.21. The molecule has 1 saturated heterocycles. The van der Waals surface area contributed by atoms with Crippen molar-refractivity contribution < 1.29 is 28.7 Å². The summed E-state index contributed by atoms with van der Waals surface area (Å²) in [6, 6.07) is 9.31. The number of thiophene rings is 1. The van der Waals surface area contributed by atoms with Crippen LogP contribution in [0.2, 0.25) is 0 Å². The first kappa shape index (κ1) is 35.9. The summed E-state index contributed by atoms with van der Waals surface area (Å²) in [6.07, 6.45) is 6.40. The number of ether oxygens (including phenoxy) is 2. The molecule has 3 aromatic heterocycles. The maximum absolute atomic E-state index is 14.5. The number of carbonyl (C=O) groups is 4. The Labute approximate surface area is 309 Å². The molecule has 0 bridgehead atoms. The second-order valence-electron chi connectivity index (χ2n) is 14.6. The number of nitrogens with one attached hydrogen (secondary N) is 4. The zero-order valence-electron chi connectivity index (χ0n) is 29.7. The summed E-state index contributed by atoms with van der Waals surface area (Å²) in [5, 5.41) is 23.8. The Morgan fingerprint density at radius 1 is 1.06 bits per heavy atom. The lowest BCUT2D eigenvalue weighted by molar-refractivity contribution is -0.141. The minimum absolute atomic E-state index is 0.0210. The fourth-order valence-electron chi connectivity index (χ4n) is 6.84. The topological polar surface area (TPSA) is 206 Å². The predicted molar refractivity (Wildman–Crippen MR) is 195 cm³/mol. The van der Waals surface area contributed by atoms with Crippen LogP contribution < -0.4 is 20.7 Å². The number of benzene rings is 1. The lowest BCUT2D eigenvalue weighted by Gasteiger charge is -2.30. The molecule has 278 valence electrons. The molecule has 0 radical (unpaired) electrons. The molecule has 16 nitrogen and oxygen atoms in total. The molecule has 53 heavy (non-hydrogen) atoms. The number of tetrazole rings is 1. The number of aromatic nitrogens is 6. The molecule has 2 fully saturated rings. The number of hydrogen-bond acceptors (Lipinski definition) is 12. The molecule has 5 heterocycles. The fraction of sp³-hybridized carbons (Fsp3) is 0.472. The highest BCUT2D eigenvalue weighted by Gasteiger charge is 2.61. The number of nitrogens with zero attached hydrogens (tertiary/aromatic N) is 6. The molecule has 0 unspecified atom stereocenters. The molecule has 4 amide bonds.